The van der Waals surface area contributed by atoms with E-state index in [1.807, 2.05) is 34.9 Å². The number of nitrogens with zero attached hydrogens (tertiary/aromatic N) is 1. The maximum atomic E-state index is 14.7. The predicted molar refractivity (Wildman–Crippen MR) is 115 cm³/mol. The number of carbonyl (C=O) groups is 1. The summed E-state index contributed by atoms with van der Waals surface area (Å²) >= 11 is 0. The van der Waals surface area contributed by atoms with E-state index in [-0.39, 0.29) is 11.1 Å². The molecular weight excluding hydrogens is 417 g/mol. The van der Waals surface area contributed by atoms with Gasteiger partial charge in [0, 0.05) is 35.1 Å². The number of hydrogen-bond donors (Lipinski definition) is 2. The van der Waals surface area contributed by atoms with Crippen LogP contribution in [0.15, 0.2) is 72.9 Å². The van der Waals surface area contributed by atoms with Crippen molar-refractivity contribution in [2.75, 3.05) is 0 Å². The van der Waals surface area contributed by atoms with Crippen LogP contribution in [-0.2, 0) is 6.54 Å². The summed E-state index contributed by atoms with van der Waals surface area (Å²) in [6.45, 7) is 1.92. The molecule has 0 radical (unpaired) electrons. The van der Waals surface area contributed by atoms with E-state index in [0.717, 1.165) is 22.9 Å². The molecular formula is C25H19F3N2O2. The lowest BCUT2D eigenvalue weighted by Crippen LogP contribution is -2.18. The highest BCUT2D eigenvalue weighted by atomic mass is 19.2. The van der Waals surface area contributed by atoms with Crippen molar-refractivity contribution in [1.82, 2.24) is 10.0 Å². The molecule has 0 spiro atoms. The second-order valence-electron chi connectivity index (χ2n) is 7.42. The third-order valence-corrected chi connectivity index (χ3v) is 5.28. The zero-order valence-electron chi connectivity index (χ0n) is 17.1. The van der Waals surface area contributed by atoms with E-state index in [1.54, 1.807) is 42.0 Å². The third kappa shape index (κ3) is 4.02. The van der Waals surface area contributed by atoms with Crippen molar-refractivity contribution in [1.29, 1.82) is 0 Å². The molecule has 4 aromatic rings. The lowest BCUT2D eigenvalue weighted by Gasteiger charge is -2.10. The molecule has 0 saturated heterocycles. The monoisotopic (exact) mass is 436 g/mol. The van der Waals surface area contributed by atoms with Gasteiger partial charge >= 0.3 is 0 Å². The quantitative estimate of drug-likeness (QED) is 0.239. The first kappa shape index (κ1) is 21.4. The number of aromatic nitrogens is 1. The summed E-state index contributed by atoms with van der Waals surface area (Å²) in [5.74, 6) is -4.57. The summed E-state index contributed by atoms with van der Waals surface area (Å²) in [4.78, 5) is 11.5. The van der Waals surface area contributed by atoms with Gasteiger partial charge in [0.15, 0.2) is 17.5 Å². The van der Waals surface area contributed by atoms with Crippen LogP contribution >= 0.6 is 0 Å². The molecule has 0 atom stereocenters. The van der Waals surface area contributed by atoms with Gasteiger partial charge in [0.05, 0.1) is 0 Å². The Morgan fingerprint density at radius 1 is 0.938 bits per heavy atom. The lowest BCUT2D eigenvalue weighted by atomic mass is 10.0. The van der Waals surface area contributed by atoms with Crippen LogP contribution in [0.4, 0.5) is 13.2 Å². The van der Waals surface area contributed by atoms with E-state index in [1.165, 1.54) is 6.92 Å². The van der Waals surface area contributed by atoms with E-state index < -0.39 is 23.4 Å². The highest BCUT2D eigenvalue weighted by molar-refractivity contribution is 5.93. The smallest absolute Gasteiger partial charge is 0.274 e. The van der Waals surface area contributed by atoms with Gasteiger partial charge in [0.1, 0.15) is 0 Å². The Morgan fingerprint density at radius 2 is 1.62 bits per heavy atom. The predicted octanol–water partition coefficient (Wildman–Crippen LogP) is 5.72. The molecule has 162 valence electrons. The van der Waals surface area contributed by atoms with Gasteiger partial charge in [-0.2, -0.15) is 0 Å². The van der Waals surface area contributed by atoms with Crippen LogP contribution < -0.4 is 5.48 Å². The molecule has 3 aromatic carbocycles. The number of benzene rings is 3. The van der Waals surface area contributed by atoms with Crippen molar-refractivity contribution in [2.24, 2.45) is 0 Å². The van der Waals surface area contributed by atoms with E-state index in [4.69, 9.17) is 5.21 Å². The highest BCUT2D eigenvalue weighted by Gasteiger charge is 2.20. The molecule has 0 aliphatic heterocycles. The molecule has 0 fully saturated rings. The molecule has 4 nitrogen and oxygen atoms in total. The van der Waals surface area contributed by atoms with Gasteiger partial charge in [-0.3, -0.25) is 10.0 Å². The van der Waals surface area contributed by atoms with E-state index in [2.05, 4.69) is 0 Å². The van der Waals surface area contributed by atoms with Crippen LogP contribution in [0.25, 0.3) is 22.4 Å². The van der Waals surface area contributed by atoms with Gasteiger partial charge in [0.25, 0.3) is 5.91 Å². The van der Waals surface area contributed by atoms with Gasteiger partial charge < -0.3 is 4.57 Å². The number of nitrogens with one attached hydrogen (secondary N) is 1. The van der Waals surface area contributed by atoms with Crippen molar-refractivity contribution >= 4 is 5.91 Å². The minimum Gasteiger partial charge on any atom is -0.342 e. The molecule has 0 unspecified atom stereocenters. The lowest BCUT2D eigenvalue weighted by molar-refractivity contribution is 0.0706. The summed E-state index contributed by atoms with van der Waals surface area (Å²) in [7, 11) is 0. The third-order valence-electron chi connectivity index (χ3n) is 5.28. The van der Waals surface area contributed by atoms with Crippen molar-refractivity contribution in [3.8, 4) is 22.4 Å². The standard InChI is InChI=1S/C25H19F3N2O2/c1-15-11-20(26)23(27)24(28)22(15)19-12-21(17-5-3-2-4-6-17)30(14-19)13-16-7-9-18(10-8-16)25(31)29-32/h2-12,14,32H,13H2,1H3,(H,29,31). The number of amides is 1. The van der Waals surface area contributed by atoms with Crippen molar-refractivity contribution < 1.29 is 23.2 Å². The molecule has 0 saturated carbocycles. The van der Waals surface area contributed by atoms with Gasteiger partial charge in [0.2, 0.25) is 0 Å². The van der Waals surface area contributed by atoms with Crippen LogP contribution in [0.3, 0.4) is 0 Å². The molecule has 7 heteroatoms. The Kier molecular flexibility index (Phi) is 5.83. The normalized spacial score (nSPS) is 10.9. The largest absolute Gasteiger partial charge is 0.342 e. The Bertz CT molecular complexity index is 1280. The van der Waals surface area contributed by atoms with Crippen LogP contribution in [0.1, 0.15) is 21.5 Å². The SMILES string of the molecule is Cc1cc(F)c(F)c(F)c1-c1cc(-c2ccccc2)n(Cc2ccc(C(=O)NO)cc2)c1. The zero-order valence-corrected chi connectivity index (χ0v) is 17.1. The highest BCUT2D eigenvalue weighted by Crippen LogP contribution is 2.34. The minimum absolute atomic E-state index is 0.00907. The molecule has 1 amide bonds. The number of hydroxylamine groups is 1. The number of halogens is 3. The van der Waals surface area contributed by atoms with Crippen molar-refractivity contribution in [3.05, 3.63) is 107 Å². The number of hydrogen-bond acceptors (Lipinski definition) is 2. The fourth-order valence-corrected chi connectivity index (χ4v) is 3.72. The average molecular weight is 436 g/mol. The molecule has 1 aromatic heterocycles. The Labute approximate surface area is 182 Å². The second-order valence-corrected chi connectivity index (χ2v) is 7.42. The fourth-order valence-electron chi connectivity index (χ4n) is 3.72. The van der Waals surface area contributed by atoms with Crippen LogP contribution in [0.2, 0.25) is 0 Å². The molecule has 0 bridgehead atoms. The van der Waals surface area contributed by atoms with Gasteiger partial charge in [-0.1, -0.05) is 42.5 Å². The molecule has 32 heavy (non-hydrogen) atoms. The maximum Gasteiger partial charge on any atom is 0.274 e. The van der Waals surface area contributed by atoms with Crippen molar-refractivity contribution in [2.45, 2.75) is 13.5 Å². The first-order valence-corrected chi connectivity index (χ1v) is 9.82. The summed E-state index contributed by atoms with van der Waals surface area (Å²) < 4.78 is 44.1. The van der Waals surface area contributed by atoms with E-state index >= 15 is 0 Å². The number of aryl methyl sites for hydroxylation is 1. The van der Waals surface area contributed by atoms with Gasteiger partial charge in [-0.05, 0) is 47.9 Å². The van der Waals surface area contributed by atoms with Gasteiger partial charge in [-0.15, -0.1) is 0 Å². The summed E-state index contributed by atoms with van der Waals surface area (Å²) in [5.41, 5.74) is 5.09. The first-order valence-electron chi connectivity index (χ1n) is 9.82. The summed E-state index contributed by atoms with van der Waals surface area (Å²) in [6, 6.07) is 18.8. The first-order chi connectivity index (χ1) is 15.4. The molecule has 0 aliphatic carbocycles. The zero-order chi connectivity index (χ0) is 22.8. The Morgan fingerprint density at radius 3 is 2.28 bits per heavy atom. The maximum absolute atomic E-state index is 14.7. The number of carbonyl (C=O) groups excluding carboxylic acids is 1. The summed E-state index contributed by atoms with van der Waals surface area (Å²) in [6.07, 6.45) is 1.69. The topological polar surface area (TPSA) is 54.3 Å². The summed E-state index contributed by atoms with van der Waals surface area (Å²) in [5, 5.41) is 8.76. The fraction of sp³-hybridized carbons (Fsp3) is 0.0800. The second kappa shape index (κ2) is 8.72. The Balaban J connectivity index is 1.80. The van der Waals surface area contributed by atoms with Crippen LogP contribution in [-0.4, -0.2) is 15.7 Å². The van der Waals surface area contributed by atoms with Crippen LogP contribution in [0, 0.1) is 24.4 Å². The molecule has 4 rings (SSSR count). The van der Waals surface area contributed by atoms with Crippen molar-refractivity contribution in [3.63, 3.8) is 0 Å². The van der Waals surface area contributed by atoms with Crippen LogP contribution in [0.5, 0.6) is 0 Å². The minimum atomic E-state index is -1.50. The number of rotatable bonds is 5. The Hall–Kier alpha value is -3.84. The molecule has 0 aliphatic rings. The molecule has 2 N–H and O–H groups in total. The van der Waals surface area contributed by atoms with E-state index in [0.29, 0.717) is 17.7 Å². The van der Waals surface area contributed by atoms with E-state index in [9.17, 15) is 18.0 Å². The average Bonchev–Trinajstić information content (AvgIpc) is 3.21. The molecule has 1 heterocycles. The van der Waals surface area contributed by atoms with Gasteiger partial charge in [-0.25, -0.2) is 18.7 Å².